The summed E-state index contributed by atoms with van der Waals surface area (Å²) in [5.41, 5.74) is 3.19. The van der Waals surface area contributed by atoms with Gasteiger partial charge in [-0.2, -0.15) is 0 Å². The Kier molecular flexibility index (Phi) is 4.29. The third-order valence-corrected chi connectivity index (χ3v) is 4.54. The van der Waals surface area contributed by atoms with Gasteiger partial charge in [0.2, 0.25) is 0 Å². The Labute approximate surface area is 146 Å². The van der Waals surface area contributed by atoms with Gasteiger partial charge in [-0.3, -0.25) is 9.78 Å². The van der Waals surface area contributed by atoms with Crippen molar-refractivity contribution in [3.05, 3.63) is 60.6 Å². The molecule has 0 radical (unpaired) electrons. The molecule has 1 aromatic carbocycles. The first-order valence-electron chi connectivity index (χ1n) is 8.67. The molecule has 126 valence electrons. The molecule has 1 aliphatic rings. The summed E-state index contributed by atoms with van der Waals surface area (Å²) >= 11 is 0. The first kappa shape index (κ1) is 15.6. The SMILES string of the molecule is O=C(c1ccc(Nc2cccc3cccnc23)cn1)N1CCCCC1. The Hall–Kier alpha value is -2.95. The summed E-state index contributed by atoms with van der Waals surface area (Å²) in [7, 11) is 0. The van der Waals surface area contributed by atoms with E-state index in [1.54, 1.807) is 18.5 Å². The first-order chi connectivity index (χ1) is 12.3. The lowest BCUT2D eigenvalue weighted by Crippen LogP contribution is -2.36. The highest BCUT2D eigenvalue weighted by molar-refractivity contribution is 5.93. The molecule has 1 saturated heterocycles. The average molecular weight is 332 g/mol. The van der Waals surface area contributed by atoms with Crippen LogP contribution < -0.4 is 5.32 Å². The molecular formula is C20H20N4O. The molecule has 3 aromatic rings. The van der Waals surface area contributed by atoms with Crippen molar-refractivity contribution in [2.75, 3.05) is 18.4 Å². The molecule has 5 heteroatoms. The Morgan fingerprint density at radius 3 is 2.60 bits per heavy atom. The first-order valence-corrected chi connectivity index (χ1v) is 8.67. The third-order valence-electron chi connectivity index (χ3n) is 4.54. The summed E-state index contributed by atoms with van der Waals surface area (Å²) < 4.78 is 0. The number of para-hydroxylation sites is 1. The van der Waals surface area contributed by atoms with Gasteiger partial charge in [-0.05, 0) is 43.5 Å². The number of carbonyl (C=O) groups excluding carboxylic acids is 1. The third kappa shape index (κ3) is 3.31. The molecule has 0 aliphatic carbocycles. The number of hydrogen-bond donors (Lipinski definition) is 1. The largest absolute Gasteiger partial charge is 0.352 e. The minimum Gasteiger partial charge on any atom is -0.352 e. The summed E-state index contributed by atoms with van der Waals surface area (Å²) in [4.78, 5) is 23.2. The fraction of sp³-hybridized carbons (Fsp3) is 0.250. The fourth-order valence-electron chi connectivity index (χ4n) is 3.21. The van der Waals surface area contributed by atoms with Gasteiger partial charge >= 0.3 is 0 Å². The highest BCUT2D eigenvalue weighted by atomic mass is 16.2. The number of fused-ring (bicyclic) bond motifs is 1. The van der Waals surface area contributed by atoms with E-state index in [0.717, 1.165) is 48.2 Å². The second-order valence-electron chi connectivity index (χ2n) is 6.29. The van der Waals surface area contributed by atoms with E-state index in [1.165, 1.54) is 6.42 Å². The van der Waals surface area contributed by atoms with Gasteiger partial charge in [0.15, 0.2) is 0 Å². The lowest BCUT2D eigenvalue weighted by molar-refractivity contribution is 0.0718. The van der Waals surface area contributed by atoms with E-state index in [9.17, 15) is 4.79 Å². The van der Waals surface area contributed by atoms with Crippen LogP contribution in [-0.4, -0.2) is 33.9 Å². The van der Waals surface area contributed by atoms with Crippen LogP contribution >= 0.6 is 0 Å². The zero-order valence-corrected chi connectivity index (χ0v) is 14.0. The van der Waals surface area contributed by atoms with E-state index < -0.39 is 0 Å². The van der Waals surface area contributed by atoms with Crippen molar-refractivity contribution in [1.82, 2.24) is 14.9 Å². The second-order valence-corrected chi connectivity index (χ2v) is 6.29. The molecule has 1 aliphatic heterocycles. The topological polar surface area (TPSA) is 58.1 Å². The number of rotatable bonds is 3. The molecule has 1 amide bonds. The fourth-order valence-corrected chi connectivity index (χ4v) is 3.21. The molecule has 25 heavy (non-hydrogen) atoms. The van der Waals surface area contributed by atoms with Gasteiger partial charge in [0, 0.05) is 24.7 Å². The van der Waals surface area contributed by atoms with E-state index in [1.807, 2.05) is 41.3 Å². The minimum absolute atomic E-state index is 0.0260. The zero-order chi connectivity index (χ0) is 17.1. The number of pyridine rings is 2. The summed E-state index contributed by atoms with van der Waals surface area (Å²) in [5, 5.41) is 4.42. The van der Waals surface area contributed by atoms with E-state index in [2.05, 4.69) is 15.3 Å². The molecule has 0 atom stereocenters. The van der Waals surface area contributed by atoms with Crippen LogP contribution in [-0.2, 0) is 0 Å². The van der Waals surface area contributed by atoms with Crippen LogP contribution in [0.4, 0.5) is 11.4 Å². The number of nitrogens with zero attached hydrogens (tertiary/aromatic N) is 3. The zero-order valence-electron chi connectivity index (χ0n) is 14.0. The van der Waals surface area contributed by atoms with Crippen molar-refractivity contribution in [3.8, 4) is 0 Å². The van der Waals surface area contributed by atoms with Gasteiger partial charge in [0.05, 0.1) is 23.1 Å². The van der Waals surface area contributed by atoms with Crippen molar-refractivity contribution >= 4 is 28.2 Å². The summed E-state index contributed by atoms with van der Waals surface area (Å²) in [6, 6.07) is 13.7. The standard InChI is InChI=1S/C20H20N4O/c25-20(24-12-2-1-3-13-24)18-10-9-16(14-22-18)23-17-8-4-6-15-7-5-11-21-19(15)17/h4-11,14,23H,1-3,12-13H2. The second kappa shape index (κ2) is 6.89. The lowest BCUT2D eigenvalue weighted by Gasteiger charge is -2.26. The van der Waals surface area contributed by atoms with Gasteiger partial charge in [-0.15, -0.1) is 0 Å². The number of piperidine rings is 1. The summed E-state index contributed by atoms with van der Waals surface area (Å²) in [5.74, 6) is 0.0260. The lowest BCUT2D eigenvalue weighted by atomic mass is 10.1. The van der Waals surface area contributed by atoms with Crippen LogP contribution in [0.3, 0.4) is 0 Å². The quantitative estimate of drug-likeness (QED) is 0.787. The number of amides is 1. The van der Waals surface area contributed by atoms with E-state index in [0.29, 0.717) is 5.69 Å². The Bertz CT molecular complexity index is 880. The monoisotopic (exact) mass is 332 g/mol. The highest BCUT2D eigenvalue weighted by Gasteiger charge is 2.19. The van der Waals surface area contributed by atoms with Crippen LogP contribution in [0.1, 0.15) is 29.8 Å². The molecule has 1 N–H and O–H groups in total. The Morgan fingerprint density at radius 2 is 1.80 bits per heavy atom. The maximum Gasteiger partial charge on any atom is 0.272 e. The van der Waals surface area contributed by atoms with Gasteiger partial charge < -0.3 is 10.2 Å². The smallest absolute Gasteiger partial charge is 0.272 e. The molecule has 5 nitrogen and oxygen atoms in total. The van der Waals surface area contributed by atoms with Crippen molar-refractivity contribution in [2.45, 2.75) is 19.3 Å². The molecule has 0 saturated carbocycles. The minimum atomic E-state index is 0.0260. The number of likely N-dealkylation sites (tertiary alicyclic amines) is 1. The number of carbonyl (C=O) groups is 1. The van der Waals surface area contributed by atoms with Gasteiger partial charge in [-0.1, -0.05) is 18.2 Å². The molecule has 0 bridgehead atoms. The molecule has 1 fully saturated rings. The van der Waals surface area contributed by atoms with Crippen molar-refractivity contribution in [2.24, 2.45) is 0 Å². The van der Waals surface area contributed by atoms with E-state index in [-0.39, 0.29) is 5.91 Å². The maximum absolute atomic E-state index is 12.5. The molecule has 4 rings (SSSR count). The molecular weight excluding hydrogens is 312 g/mol. The molecule has 2 aromatic heterocycles. The van der Waals surface area contributed by atoms with Crippen molar-refractivity contribution < 1.29 is 4.79 Å². The Balaban J connectivity index is 1.53. The molecule has 3 heterocycles. The summed E-state index contributed by atoms with van der Waals surface area (Å²) in [6.07, 6.45) is 6.86. The van der Waals surface area contributed by atoms with Gasteiger partial charge in [0.1, 0.15) is 5.69 Å². The van der Waals surface area contributed by atoms with Gasteiger partial charge in [-0.25, -0.2) is 4.98 Å². The van der Waals surface area contributed by atoms with E-state index >= 15 is 0 Å². The predicted molar refractivity (Wildman–Crippen MR) is 99.0 cm³/mol. The molecule has 0 spiro atoms. The predicted octanol–water partition coefficient (Wildman–Crippen LogP) is 4.00. The van der Waals surface area contributed by atoms with Crippen molar-refractivity contribution in [3.63, 3.8) is 0 Å². The molecule has 0 unspecified atom stereocenters. The number of hydrogen-bond acceptors (Lipinski definition) is 4. The number of benzene rings is 1. The highest BCUT2D eigenvalue weighted by Crippen LogP contribution is 2.24. The average Bonchev–Trinajstić information content (AvgIpc) is 2.69. The number of anilines is 2. The normalized spacial score (nSPS) is 14.5. The summed E-state index contributed by atoms with van der Waals surface area (Å²) in [6.45, 7) is 1.67. The van der Waals surface area contributed by atoms with Crippen LogP contribution in [0.15, 0.2) is 54.9 Å². The number of aromatic nitrogens is 2. The maximum atomic E-state index is 12.5. The van der Waals surface area contributed by atoms with Gasteiger partial charge in [0.25, 0.3) is 5.91 Å². The van der Waals surface area contributed by atoms with Crippen LogP contribution in [0.2, 0.25) is 0 Å². The van der Waals surface area contributed by atoms with Crippen molar-refractivity contribution in [1.29, 1.82) is 0 Å². The van der Waals surface area contributed by atoms with Crippen LogP contribution in [0, 0.1) is 0 Å². The van der Waals surface area contributed by atoms with E-state index in [4.69, 9.17) is 0 Å². The van der Waals surface area contributed by atoms with Crippen LogP contribution in [0.5, 0.6) is 0 Å². The van der Waals surface area contributed by atoms with Crippen LogP contribution in [0.25, 0.3) is 10.9 Å². The Morgan fingerprint density at radius 1 is 0.960 bits per heavy atom. The number of nitrogens with one attached hydrogen (secondary N) is 1.